The lowest BCUT2D eigenvalue weighted by Gasteiger charge is -2.26. The molecule has 2 aromatic rings. The second-order valence-electron chi connectivity index (χ2n) is 5.61. The maximum Gasteiger partial charge on any atom is 0.167 e. The maximum atomic E-state index is 12.2. The van der Waals surface area contributed by atoms with Gasteiger partial charge in [-0.2, -0.15) is 0 Å². The van der Waals surface area contributed by atoms with E-state index < -0.39 is 0 Å². The highest BCUT2D eigenvalue weighted by atomic mass is 16.5. The van der Waals surface area contributed by atoms with Gasteiger partial charge in [-0.1, -0.05) is 24.3 Å². The third kappa shape index (κ3) is 2.92. The minimum atomic E-state index is 0.0282. The Bertz CT molecular complexity index is 647. The van der Waals surface area contributed by atoms with E-state index in [0.717, 1.165) is 22.6 Å². The molecule has 0 aliphatic carbocycles. The quantitative estimate of drug-likeness (QED) is 0.915. The standard InChI is InChI=1S/C18H19NO2/c1-12(2)21-14-9-7-13(8-10-14)17-11-18(20)15-5-3-4-6-16(15)19-17/h3-10,12,17,19H,11H2,1-2H3/t17-/m0/s1. The second-order valence-corrected chi connectivity index (χ2v) is 5.61. The summed E-state index contributed by atoms with van der Waals surface area (Å²) >= 11 is 0. The van der Waals surface area contributed by atoms with Crippen molar-refractivity contribution in [2.75, 3.05) is 5.32 Å². The summed E-state index contributed by atoms with van der Waals surface area (Å²) in [6.07, 6.45) is 0.651. The molecule has 21 heavy (non-hydrogen) atoms. The van der Waals surface area contributed by atoms with Gasteiger partial charge in [0.1, 0.15) is 5.75 Å². The number of ether oxygens (including phenoxy) is 1. The van der Waals surface area contributed by atoms with Crippen molar-refractivity contribution in [2.45, 2.75) is 32.4 Å². The SMILES string of the molecule is CC(C)Oc1ccc([C@@H]2CC(=O)c3ccccc3N2)cc1. The Morgan fingerprint density at radius 1 is 1.10 bits per heavy atom. The van der Waals surface area contributed by atoms with Crippen molar-refractivity contribution in [3.05, 3.63) is 59.7 Å². The zero-order valence-corrected chi connectivity index (χ0v) is 12.3. The molecule has 0 amide bonds. The van der Waals surface area contributed by atoms with E-state index >= 15 is 0 Å². The van der Waals surface area contributed by atoms with Crippen molar-refractivity contribution in [3.8, 4) is 5.75 Å². The van der Waals surface area contributed by atoms with Crippen LogP contribution in [0.25, 0.3) is 0 Å². The van der Waals surface area contributed by atoms with Crippen LogP contribution >= 0.6 is 0 Å². The number of nitrogens with one attached hydrogen (secondary N) is 1. The van der Waals surface area contributed by atoms with Crippen molar-refractivity contribution in [1.29, 1.82) is 0 Å². The third-order valence-corrected chi connectivity index (χ3v) is 3.60. The zero-order valence-electron chi connectivity index (χ0n) is 12.3. The van der Waals surface area contributed by atoms with Crippen molar-refractivity contribution >= 4 is 11.5 Å². The smallest absolute Gasteiger partial charge is 0.167 e. The summed E-state index contributed by atoms with van der Waals surface area (Å²) in [6, 6.07) is 15.7. The van der Waals surface area contributed by atoms with Crippen molar-refractivity contribution in [1.82, 2.24) is 0 Å². The number of hydrogen-bond acceptors (Lipinski definition) is 3. The van der Waals surface area contributed by atoms with E-state index in [2.05, 4.69) is 5.32 Å². The monoisotopic (exact) mass is 281 g/mol. The van der Waals surface area contributed by atoms with Crippen molar-refractivity contribution in [3.63, 3.8) is 0 Å². The van der Waals surface area contributed by atoms with Crippen LogP contribution < -0.4 is 10.1 Å². The highest BCUT2D eigenvalue weighted by Crippen LogP contribution is 2.32. The number of carbonyl (C=O) groups excluding carboxylic acids is 1. The highest BCUT2D eigenvalue weighted by Gasteiger charge is 2.25. The molecule has 1 N–H and O–H groups in total. The number of hydrogen-bond donors (Lipinski definition) is 1. The van der Waals surface area contributed by atoms with Crippen LogP contribution in [0.5, 0.6) is 5.75 Å². The zero-order chi connectivity index (χ0) is 14.8. The molecule has 0 aromatic heterocycles. The number of ketones is 1. The lowest BCUT2D eigenvalue weighted by Crippen LogP contribution is -2.22. The van der Waals surface area contributed by atoms with Crippen LogP contribution in [0, 0.1) is 0 Å². The lowest BCUT2D eigenvalue weighted by atomic mass is 9.92. The van der Waals surface area contributed by atoms with Crippen LogP contribution in [0.1, 0.15) is 42.2 Å². The van der Waals surface area contributed by atoms with Crippen LogP contribution in [0.2, 0.25) is 0 Å². The fraction of sp³-hybridized carbons (Fsp3) is 0.278. The largest absolute Gasteiger partial charge is 0.491 e. The molecule has 0 unspecified atom stereocenters. The minimum Gasteiger partial charge on any atom is -0.491 e. The summed E-state index contributed by atoms with van der Waals surface area (Å²) in [5, 5.41) is 3.44. The van der Waals surface area contributed by atoms with Gasteiger partial charge in [-0.15, -0.1) is 0 Å². The summed E-state index contributed by atoms with van der Waals surface area (Å²) in [5.41, 5.74) is 2.81. The first kappa shape index (κ1) is 13.7. The molecule has 1 aliphatic rings. The summed E-state index contributed by atoms with van der Waals surface area (Å²) in [7, 11) is 0. The average Bonchev–Trinajstić information content (AvgIpc) is 2.47. The van der Waals surface area contributed by atoms with Crippen LogP contribution in [0.15, 0.2) is 48.5 Å². The van der Waals surface area contributed by atoms with Crippen molar-refractivity contribution in [2.24, 2.45) is 0 Å². The number of para-hydroxylation sites is 1. The first-order chi connectivity index (χ1) is 10.1. The minimum absolute atomic E-state index is 0.0282. The molecule has 0 spiro atoms. The Balaban J connectivity index is 1.81. The highest BCUT2D eigenvalue weighted by molar-refractivity contribution is 6.03. The molecule has 3 heteroatoms. The fourth-order valence-corrected chi connectivity index (χ4v) is 2.64. The van der Waals surface area contributed by atoms with Gasteiger partial charge in [0.2, 0.25) is 0 Å². The van der Waals surface area contributed by atoms with Gasteiger partial charge in [0.05, 0.1) is 12.1 Å². The third-order valence-electron chi connectivity index (χ3n) is 3.60. The molecule has 1 aliphatic heterocycles. The van der Waals surface area contributed by atoms with E-state index in [1.54, 1.807) is 0 Å². The van der Waals surface area contributed by atoms with Crippen LogP contribution in [0.4, 0.5) is 5.69 Å². The normalized spacial score (nSPS) is 17.3. The van der Waals surface area contributed by atoms with Gasteiger partial charge in [0, 0.05) is 17.7 Å². The average molecular weight is 281 g/mol. The van der Waals surface area contributed by atoms with E-state index in [-0.39, 0.29) is 17.9 Å². The number of Topliss-reactive ketones (excluding diaryl/α,β-unsaturated/α-hetero) is 1. The van der Waals surface area contributed by atoms with E-state index in [9.17, 15) is 4.79 Å². The Labute approximate surface area is 124 Å². The van der Waals surface area contributed by atoms with Crippen LogP contribution in [0.3, 0.4) is 0 Å². The molecule has 0 saturated heterocycles. The number of benzene rings is 2. The van der Waals surface area contributed by atoms with E-state index in [0.29, 0.717) is 6.42 Å². The molecule has 0 bridgehead atoms. The summed E-state index contributed by atoms with van der Waals surface area (Å²) in [4.78, 5) is 12.2. The Morgan fingerprint density at radius 2 is 1.81 bits per heavy atom. The molecular formula is C18H19NO2. The summed E-state index contributed by atoms with van der Waals surface area (Å²) < 4.78 is 5.65. The lowest BCUT2D eigenvalue weighted by molar-refractivity contribution is 0.0972. The Kier molecular flexibility index (Phi) is 3.65. The number of carbonyl (C=O) groups is 1. The fourth-order valence-electron chi connectivity index (χ4n) is 2.64. The van der Waals surface area contributed by atoms with Gasteiger partial charge in [-0.25, -0.2) is 0 Å². The molecular weight excluding hydrogens is 262 g/mol. The van der Waals surface area contributed by atoms with E-state index in [1.165, 1.54) is 0 Å². The Hall–Kier alpha value is -2.29. The number of anilines is 1. The second kappa shape index (κ2) is 5.60. The maximum absolute atomic E-state index is 12.2. The topological polar surface area (TPSA) is 38.3 Å². The predicted octanol–water partition coefficient (Wildman–Crippen LogP) is 4.21. The molecule has 0 saturated carbocycles. The molecule has 0 fully saturated rings. The first-order valence-electron chi connectivity index (χ1n) is 7.29. The molecule has 3 rings (SSSR count). The molecule has 1 heterocycles. The van der Waals surface area contributed by atoms with Gasteiger partial charge >= 0.3 is 0 Å². The molecule has 2 aromatic carbocycles. The van der Waals surface area contributed by atoms with Crippen LogP contribution in [-0.4, -0.2) is 11.9 Å². The molecule has 0 radical (unpaired) electrons. The van der Waals surface area contributed by atoms with Gasteiger partial charge in [-0.3, -0.25) is 4.79 Å². The van der Waals surface area contributed by atoms with E-state index in [4.69, 9.17) is 4.74 Å². The number of rotatable bonds is 3. The molecule has 108 valence electrons. The van der Waals surface area contributed by atoms with Gasteiger partial charge < -0.3 is 10.1 Å². The van der Waals surface area contributed by atoms with E-state index in [1.807, 2.05) is 62.4 Å². The first-order valence-corrected chi connectivity index (χ1v) is 7.29. The number of fused-ring (bicyclic) bond motifs is 1. The summed E-state index contributed by atoms with van der Waals surface area (Å²) in [6.45, 7) is 4.01. The van der Waals surface area contributed by atoms with Gasteiger partial charge in [0.15, 0.2) is 5.78 Å². The summed E-state index contributed by atoms with van der Waals surface area (Å²) in [5.74, 6) is 1.05. The molecule has 1 atom stereocenters. The van der Waals surface area contributed by atoms with Gasteiger partial charge in [-0.05, 0) is 43.7 Å². The Morgan fingerprint density at radius 3 is 2.52 bits per heavy atom. The van der Waals surface area contributed by atoms with Gasteiger partial charge in [0.25, 0.3) is 0 Å². The van der Waals surface area contributed by atoms with Crippen molar-refractivity contribution < 1.29 is 9.53 Å². The molecule has 3 nitrogen and oxygen atoms in total. The predicted molar refractivity (Wildman–Crippen MR) is 84.0 cm³/mol. The van der Waals surface area contributed by atoms with Crippen LogP contribution in [-0.2, 0) is 0 Å².